The number of nitrogens with one attached hydrogen (secondary N) is 1. The number of benzene rings is 2. The highest BCUT2D eigenvalue weighted by Crippen LogP contribution is 2.33. The SMILES string of the molecule is C=C(CCl)C(C(=O)OC(c1ccccc1)c1ccccc1)N1C(=O)C(NC(=O)COC)C1Cl. The normalized spacial score (nSPS) is 18.4. The number of likely N-dealkylation sites (tertiary alicyclic amines) is 1. The van der Waals surface area contributed by atoms with Gasteiger partial charge in [0.05, 0.1) is 0 Å². The third-order valence-corrected chi connectivity index (χ3v) is 5.96. The van der Waals surface area contributed by atoms with Crippen molar-refractivity contribution >= 4 is 41.0 Å². The van der Waals surface area contributed by atoms with Crippen LogP contribution < -0.4 is 5.32 Å². The van der Waals surface area contributed by atoms with Crippen molar-refractivity contribution in [1.29, 1.82) is 0 Å². The maximum atomic E-state index is 13.4. The lowest BCUT2D eigenvalue weighted by molar-refractivity contribution is -0.165. The molecule has 1 N–H and O–H groups in total. The van der Waals surface area contributed by atoms with Crippen LogP contribution in [0.2, 0.25) is 0 Å². The van der Waals surface area contributed by atoms with Crippen molar-refractivity contribution in [3.63, 3.8) is 0 Å². The van der Waals surface area contributed by atoms with Crippen molar-refractivity contribution in [2.45, 2.75) is 23.7 Å². The van der Waals surface area contributed by atoms with Gasteiger partial charge in [-0.3, -0.25) is 9.59 Å². The number of nitrogens with zero attached hydrogens (tertiary/aromatic N) is 1. The van der Waals surface area contributed by atoms with Gasteiger partial charge < -0.3 is 19.7 Å². The van der Waals surface area contributed by atoms with E-state index in [9.17, 15) is 14.4 Å². The average Bonchev–Trinajstić information content (AvgIpc) is 2.84. The second-order valence-corrected chi connectivity index (χ2v) is 8.14. The van der Waals surface area contributed by atoms with Gasteiger partial charge in [-0.15, -0.1) is 11.6 Å². The first kappa shape index (κ1) is 24.8. The Balaban J connectivity index is 1.84. The zero-order valence-electron chi connectivity index (χ0n) is 17.9. The molecule has 2 amide bonds. The molecule has 0 bridgehead atoms. The number of carbonyl (C=O) groups is 3. The fraction of sp³-hybridized carbons (Fsp3) is 0.292. The predicted molar refractivity (Wildman–Crippen MR) is 125 cm³/mol. The van der Waals surface area contributed by atoms with Crippen molar-refractivity contribution in [3.8, 4) is 0 Å². The summed E-state index contributed by atoms with van der Waals surface area (Å²) in [6.45, 7) is 3.62. The lowest BCUT2D eigenvalue weighted by Gasteiger charge is -2.47. The van der Waals surface area contributed by atoms with Crippen LogP contribution in [-0.4, -0.2) is 59.9 Å². The summed E-state index contributed by atoms with van der Waals surface area (Å²) in [4.78, 5) is 39.1. The molecule has 7 nitrogen and oxygen atoms in total. The number of β-lactam (4-membered cyclic amide) rings is 1. The molecule has 0 saturated carbocycles. The highest BCUT2D eigenvalue weighted by Gasteiger charge is 2.53. The number of carbonyl (C=O) groups excluding carboxylic acids is 3. The van der Waals surface area contributed by atoms with Gasteiger partial charge in [0.25, 0.3) is 5.91 Å². The second kappa shape index (κ2) is 11.3. The standard InChI is InChI=1S/C24H24Cl2N2O5/c1-15(13-25)20(28-22(26)19(23(28)30)27-18(29)14-32-2)24(31)33-21(16-9-5-3-6-10-16)17-11-7-4-8-12-17/h3-12,19-22H,1,13-14H2,2H3,(H,27,29). The number of methoxy groups -OCH3 is 1. The Bertz CT molecular complexity index is 963. The van der Waals surface area contributed by atoms with Crippen LogP contribution in [0.5, 0.6) is 0 Å². The monoisotopic (exact) mass is 490 g/mol. The van der Waals surface area contributed by atoms with E-state index in [1.54, 1.807) is 0 Å². The molecule has 33 heavy (non-hydrogen) atoms. The summed E-state index contributed by atoms with van der Waals surface area (Å²) in [5, 5.41) is 2.49. The molecule has 9 heteroatoms. The summed E-state index contributed by atoms with van der Waals surface area (Å²) < 4.78 is 10.7. The lowest BCUT2D eigenvalue weighted by atomic mass is 9.98. The van der Waals surface area contributed by atoms with Gasteiger partial charge in [0.2, 0.25) is 5.91 Å². The van der Waals surface area contributed by atoms with Crippen molar-refractivity contribution in [2.24, 2.45) is 0 Å². The molecule has 2 aromatic rings. The third kappa shape index (κ3) is 5.55. The summed E-state index contributed by atoms with van der Waals surface area (Å²) in [6, 6.07) is 16.3. The Hall–Kier alpha value is -2.87. The zero-order valence-corrected chi connectivity index (χ0v) is 19.5. The van der Waals surface area contributed by atoms with Crippen molar-refractivity contribution in [1.82, 2.24) is 10.2 Å². The minimum Gasteiger partial charge on any atom is -0.451 e. The van der Waals surface area contributed by atoms with E-state index in [0.717, 1.165) is 16.0 Å². The van der Waals surface area contributed by atoms with Gasteiger partial charge in [-0.25, -0.2) is 4.79 Å². The number of ether oxygens (including phenoxy) is 2. The number of hydrogen-bond acceptors (Lipinski definition) is 5. The summed E-state index contributed by atoms with van der Waals surface area (Å²) >= 11 is 12.4. The first-order valence-electron chi connectivity index (χ1n) is 10.2. The van der Waals surface area contributed by atoms with E-state index in [0.29, 0.717) is 0 Å². The van der Waals surface area contributed by atoms with Gasteiger partial charge in [-0.2, -0.15) is 0 Å². The molecule has 0 radical (unpaired) electrons. The number of rotatable bonds is 10. The molecular weight excluding hydrogens is 467 g/mol. The summed E-state index contributed by atoms with van der Waals surface area (Å²) in [7, 11) is 1.36. The topological polar surface area (TPSA) is 84.9 Å². The summed E-state index contributed by atoms with van der Waals surface area (Å²) in [6.07, 6.45) is -0.715. The molecule has 1 aliphatic heterocycles. The Morgan fingerprint density at radius 1 is 1.09 bits per heavy atom. The van der Waals surface area contributed by atoms with Gasteiger partial charge in [-0.1, -0.05) is 78.8 Å². The molecule has 1 heterocycles. The minimum absolute atomic E-state index is 0.0881. The van der Waals surface area contributed by atoms with Crippen LogP contribution in [0.3, 0.4) is 0 Å². The highest BCUT2D eigenvalue weighted by molar-refractivity contribution is 6.27. The van der Waals surface area contributed by atoms with Gasteiger partial charge in [0, 0.05) is 13.0 Å². The maximum Gasteiger partial charge on any atom is 0.334 e. The van der Waals surface area contributed by atoms with Crippen LogP contribution in [-0.2, 0) is 23.9 Å². The molecule has 3 unspecified atom stereocenters. The number of hydrogen-bond donors (Lipinski definition) is 1. The fourth-order valence-corrected chi connectivity index (χ4v) is 4.07. The largest absolute Gasteiger partial charge is 0.451 e. The molecule has 0 spiro atoms. The minimum atomic E-state index is -1.21. The Morgan fingerprint density at radius 3 is 2.09 bits per heavy atom. The van der Waals surface area contributed by atoms with Crippen LogP contribution in [0.15, 0.2) is 72.8 Å². The van der Waals surface area contributed by atoms with E-state index >= 15 is 0 Å². The molecule has 174 valence electrons. The van der Waals surface area contributed by atoms with E-state index in [2.05, 4.69) is 11.9 Å². The quantitative estimate of drug-likeness (QED) is 0.182. The van der Waals surface area contributed by atoms with Crippen LogP contribution in [0.1, 0.15) is 17.2 Å². The van der Waals surface area contributed by atoms with Crippen LogP contribution in [0.25, 0.3) is 0 Å². The van der Waals surface area contributed by atoms with Crippen LogP contribution >= 0.6 is 23.2 Å². The van der Waals surface area contributed by atoms with Gasteiger partial charge >= 0.3 is 5.97 Å². The van der Waals surface area contributed by atoms with Gasteiger partial charge in [-0.05, 0) is 16.7 Å². The Morgan fingerprint density at radius 2 is 1.64 bits per heavy atom. The number of halogens is 2. The van der Waals surface area contributed by atoms with E-state index in [1.807, 2.05) is 60.7 Å². The Kier molecular flexibility index (Phi) is 8.49. The summed E-state index contributed by atoms with van der Waals surface area (Å²) in [5.74, 6) is -1.85. The number of amides is 2. The smallest absolute Gasteiger partial charge is 0.334 e. The van der Waals surface area contributed by atoms with E-state index in [4.69, 9.17) is 32.7 Å². The third-order valence-electron chi connectivity index (χ3n) is 5.15. The summed E-state index contributed by atoms with van der Waals surface area (Å²) in [5.41, 5.74) is 0.786. The molecule has 1 aliphatic rings. The molecule has 0 aromatic heterocycles. The first-order chi connectivity index (χ1) is 15.9. The van der Waals surface area contributed by atoms with Gasteiger partial charge in [0.1, 0.15) is 18.1 Å². The van der Waals surface area contributed by atoms with Crippen molar-refractivity contribution in [3.05, 3.63) is 83.9 Å². The van der Waals surface area contributed by atoms with E-state index < -0.39 is 41.5 Å². The van der Waals surface area contributed by atoms with Crippen molar-refractivity contribution < 1.29 is 23.9 Å². The fourth-order valence-electron chi connectivity index (χ4n) is 3.54. The molecule has 2 aromatic carbocycles. The zero-order chi connectivity index (χ0) is 24.0. The molecule has 3 rings (SSSR count). The first-order valence-corrected chi connectivity index (χ1v) is 11.1. The Labute approximate surface area is 202 Å². The number of esters is 1. The van der Waals surface area contributed by atoms with Crippen LogP contribution in [0, 0.1) is 0 Å². The predicted octanol–water partition coefficient (Wildman–Crippen LogP) is 3.02. The highest BCUT2D eigenvalue weighted by atomic mass is 35.5. The average molecular weight is 491 g/mol. The van der Waals surface area contributed by atoms with Gasteiger partial charge in [0.15, 0.2) is 12.1 Å². The maximum absolute atomic E-state index is 13.4. The van der Waals surface area contributed by atoms with Crippen LogP contribution in [0.4, 0.5) is 0 Å². The van der Waals surface area contributed by atoms with E-state index in [-0.39, 0.29) is 18.1 Å². The molecule has 1 fully saturated rings. The molecular formula is C24H24Cl2N2O5. The molecule has 3 atom stereocenters. The van der Waals surface area contributed by atoms with E-state index in [1.165, 1.54) is 7.11 Å². The molecule has 0 aliphatic carbocycles. The molecule has 1 saturated heterocycles. The second-order valence-electron chi connectivity index (χ2n) is 7.43. The van der Waals surface area contributed by atoms with Crippen molar-refractivity contribution in [2.75, 3.05) is 19.6 Å². The lowest BCUT2D eigenvalue weighted by Crippen LogP contribution is -2.72. The number of alkyl halides is 2.